The van der Waals surface area contributed by atoms with Gasteiger partial charge < -0.3 is 14.8 Å². The molecule has 21 heavy (non-hydrogen) atoms. The van der Waals surface area contributed by atoms with E-state index >= 15 is 0 Å². The molecule has 114 valence electrons. The second-order valence-corrected chi connectivity index (χ2v) is 6.61. The molecule has 1 saturated heterocycles. The Morgan fingerprint density at radius 3 is 2.71 bits per heavy atom. The molecule has 1 heterocycles. The normalized spacial score (nSPS) is 30.0. The van der Waals surface area contributed by atoms with E-state index in [4.69, 9.17) is 9.47 Å². The van der Waals surface area contributed by atoms with Crippen molar-refractivity contribution in [3.63, 3.8) is 0 Å². The van der Waals surface area contributed by atoms with Gasteiger partial charge in [-0.05, 0) is 37.1 Å². The van der Waals surface area contributed by atoms with Crippen LogP contribution < -0.4 is 5.32 Å². The smallest absolute Gasteiger partial charge is 0.337 e. The lowest BCUT2D eigenvalue weighted by Gasteiger charge is -2.60. The minimum Gasteiger partial charge on any atom is -0.465 e. The first-order chi connectivity index (χ1) is 10.0. The Morgan fingerprint density at radius 2 is 2.05 bits per heavy atom. The van der Waals surface area contributed by atoms with Gasteiger partial charge in [-0.25, -0.2) is 4.79 Å². The number of ether oxygens (including phenoxy) is 2. The Hall–Kier alpha value is -1.55. The van der Waals surface area contributed by atoms with Crippen LogP contribution in [0, 0.1) is 11.3 Å². The van der Waals surface area contributed by atoms with Crippen molar-refractivity contribution in [2.24, 2.45) is 11.3 Å². The standard InChI is InChI=1S/C17H23NO3/c1-17(2)14(13-5-4-10-21-15(13)17)18-12-8-6-11(7-9-12)16(19)20-3/h6-9,13-15,18H,4-5,10H2,1-3H3. The number of carbonyl (C=O) groups excluding carboxylic acids is 1. The molecule has 4 nitrogen and oxygen atoms in total. The van der Waals surface area contributed by atoms with Gasteiger partial charge in [0, 0.05) is 29.7 Å². The van der Waals surface area contributed by atoms with Crippen LogP contribution in [0.25, 0.3) is 0 Å². The van der Waals surface area contributed by atoms with Crippen molar-refractivity contribution < 1.29 is 14.3 Å². The van der Waals surface area contributed by atoms with Crippen molar-refractivity contribution in [1.29, 1.82) is 0 Å². The number of esters is 1. The zero-order chi connectivity index (χ0) is 15.0. The van der Waals surface area contributed by atoms with Crippen LogP contribution in [0.3, 0.4) is 0 Å². The predicted molar refractivity (Wildman–Crippen MR) is 81.4 cm³/mol. The van der Waals surface area contributed by atoms with E-state index in [1.54, 1.807) is 12.1 Å². The highest BCUT2D eigenvalue weighted by atomic mass is 16.5. The average Bonchev–Trinajstić information content (AvgIpc) is 2.52. The third-order valence-corrected chi connectivity index (χ3v) is 4.96. The Bertz CT molecular complexity index is 523. The molecule has 0 radical (unpaired) electrons. The first kappa shape index (κ1) is 14.4. The third-order valence-electron chi connectivity index (χ3n) is 4.96. The molecular weight excluding hydrogens is 266 g/mol. The minimum absolute atomic E-state index is 0.145. The van der Waals surface area contributed by atoms with Gasteiger partial charge in [0.15, 0.2) is 0 Å². The van der Waals surface area contributed by atoms with Crippen LogP contribution in [-0.2, 0) is 9.47 Å². The SMILES string of the molecule is COC(=O)c1ccc(NC2C3CCCOC3C2(C)C)cc1. The molecule has 1 N–H and O–H groups in total. The fourth-order valence-electron chi connectivity index (χ4n) is 3.82. The van der Waals surface area contributed by atoms with Gasteiger partial charge in [0.05, 0.1) is 18.8 Å². The van der Waals surface area contributed by atoms with Crippen molar-refractivity contribution >= 4 is 11.7 Å². The molecule has 1 aromatic rings. The molecule has 3 rings (SSSR count). The van der Waals surface area contributed by atoms with Gasteiger partial charge >= 0.3 is 5.97 Å². The highest BCUT2D eigenvalue weighted by Crippen LogP contribution is 2.52. The van der Waals surface area contributed by atoms with Gasteiger partial charge in [-0.1, -0.05) is 13.8 Å². The summed E-state index contributed by atoms with van der Waals surface area (Å²) >= 11 is 0. The van der Waals surface area contributed by atoms with Crippen molar-refractivity contribution in [2.75, 3.05) is 19.0 Å². The maximum absolute atomic E-state index is 11.4. The van der Waals surface area contributed by atoms with Crippen molar-refractivity contribution in [2.45, 2.75) is 38.8 Å². The van der Waals surface area contributed by atoms with Crippen LogP contribution in [0.15, 0.2) is 24.3 Å². The maximum atomic E-state index is 11.4. The quantitative estimate of drug-likeness (QED) is 0.869. The molecule has 0 aromatic heterocycles. The zero-order valence-electron chi connectivity index (χ0n) is 12.9. The summed E-state index contributed by atoms with van der Waals surface area (Å²) in [7, 11) is 1.40. The second kappa shape index (κ2) is 5.34. The summed E-state index contributed by atoms with van der Waals surface area (Å²) in [6.45, 7) is 5.42. The summed E-state index contributed by atoms with van der Waals surface area (Å²) in [5.74, 6) is 0.292. The number of anilines is 1. The lowest BCUT2D eigenvalue weighted by molar-refractivity contribution is -0.177. The van der Waals surface area contributed by atoms with Crippen LogP contribution in [0.1, 0.15) is 37.0 Å². The fraction of sp³-hybridized carbons (Fsp3) is 0.588. The Labute approximate surface area is 125 Å². The molecular formula is C17H23NO3. The van der Waals surface area contributed by atoms with Crippen molar-refractivity contribution in [3.8, 4) is 0 Å². The summed E-state index contributed by atoms with van der Waals surface area (Å²) in [5, 5.41) is 3.62. The molecule has 1 aliphatic heterocycles. The van der Waals surface area contributed by atoms with E-state index in [-0.39, 0.29) is 11.4 Å². The van der Waals surface area contributed by atoms with Crippen LogP contribution in [0.5, 0.6) is 0 Å². The van der Waals surface area contributed by atoms with Gasteiger partial charge in [-0.15, -0.1) is 0 Å². The molecule has 2 aliphatic rings. The Kier molecular flexibility index (Phi) is 3.66. The molecule has 0 bridgehead atoms. The number of hydrogen-bond donors (Lipinski definition) is 1. The molecule has 0 spiro atoms. The van der Waals surface area contributed by atoms with Gasteiger partial charge in [0.25, 0.3) is 0 Å². The third kappa shape index (κ3) is 2.42. The number of hydrogen-bond acceptors (Lipinski definition) is 4. The lowest BCUT2D eigenvalue weighted by atomic mass is 9.55. The number of nitrogens with one attached hydrogen (secondary N) is 1. The Morgan fingerprint density at radius 1 is 1.33 bits per heavy atom. The van der Waals surface area contributed by atoms with Crippen LogP contribution in [0.2, 0.25) is 0 Å². The van der Waals surface area contributed by atoms with E-state index in [2.05, 4.69) is 19.2 Å². The van der Waals surface area contributed by atoms with Crippen molar-refractivity contribution in [1.82, 2.24) is 0 Å². The average molecular weight is 289 g/mol. The highest BCUT2D eigenvalue weighted by molar-refractivity contribution is 5.89. The number of benzene rings is 1. The van der Waals surface area contributed by atoms with E-state index in [9.17, 15) is 4.79 Å². The zero-order valence-corrected chi connectivity index (χ0v) is 12.9. The summed E-state index contributed by atoms with van der Waals surface area (Å²) in [6, 6.07) is 7.91. The van der Waals surface area contributed by atoms with Gasteiger partial charge in [-0.3, -0.25) is 0 Å². The molecule has 4 heteroatoms. The molecule has 1 aliphatic carbocycles. The Balaban J connectivity index is 1.70. The molecule has 0 amide bonds. The topological polar surface area (TPSA) is 47.6 Å². The van der Waals surface area contributed by atoms with E-state index in [1.165, 1.54) is 13.5 Å². The summed E-state index contributed by atoms with van der Waals surface area (Å²) in [4.78, 5) is 11.4. The molecule has 1 aromatic carbocycles. The second-order valence-electron chi connectivity index (χ2n) is 6.61. The minimum atomic E-state index is -0.300. The largest absolute Gasteiger partial charge is 0.465 e. The summed E-state index contributed by atoms with van der Waals surface area (Å²) < 4.78 is 10.6. The summed E-state index contributed by atoms with van der Waals surface area (Å²) in [6.07, 6.45) is 2.75. The molecule has 3 unspecified atom stereocenters. The molecule has 1 saturated carbocycles. The first-order valence-corrected chi connectivity index (χ1v) is 7.60. The van der Waals surface area contributed by atoms with E-state index in [0.717, 1.165) is 18.7 Å². The maximum Gasteiger partial charge on any atom is 0.337 e. The number of methoxy groups -OCH3 is 1. The number of carbonyl (C=O) groups is 1. The number of fused-ring (bicyclic) bond motifs is 1. The fourth-order valence-corrected chi connectivity index (χ4v) is 3.82. The van der Waals surface area contributed by atoms with Crippen molar-refractivity contribution in [3.05, 3.63) is 29.8 Å². The first-order valence-electron chi connectivity index (χ1n) is 7.60. The van der Waals surface area contributed by atoms with Gasteiger partial charge in [0.1, 0.15) is 0 Å². The number of rotatable bonds is 3. The predicted octanol–water partition coefficient (Wildman–Crippen LogP) is 3.09. The lowest BCUT2D eigenvalue weighted by Crippen LogP contribution is -2.67. The monoisotopic (exact) mass is 289 g/mol. The summed E-state index contributed by atoms with van der Waals surface area (Å²) in [5.41, 5.74) is 1.77. The van der Waals surface area contributed by atoms with Gasteiger partial charge in [0.2, 0.25) is 0 Å². The van der Waals surface area contributed by atoms with Crippen LogP contribution in [0.4, 0.5) is 5.69 Å². The van der Waals surface area contributed by atoms with Crippen LogP contribution in [-0.4, -0.2) is 31.8 Å². The van der Waals surface area contributed by atoms with E-state index in [0.29, 0.717) is 23.6 Å². The molecule has 3 atom stereocenters. The molecule has 2 fully saturated rings. The van der Waals surface area contributed by atoms with E-state index in [1.807, 2.05) is 12.1 Å². The van der Waals surface area contributed by atoms with E-state index < -0.39 is 0 Å². The van der Waals surface area contributed by atoms with Crippen LogP contribution >= 0.6 is 0 Å². The van der Waals surface area contributed by atoms with Gasteiger partial charge in [-0.2, -0.15) is 0 Å². The highest BCUT2D eigenvalue weighted by Gasteiger charge is 2.57.